The minimum atomic E-state index is -0.0596. The Kier molecular flexibility index (Phi) is 5.99. The molecule has 0 spiro atoms. The van der Waals surface area contributed by atoms with Gasteiger partial charge in [-0.1, -0.05) is 23.9 Å². The number of aromatic nitrogens is 2. The van der Waals surface area contributed by atoms with Crippen molar-refractivity contribution in [2.75, 3.05) is 12.4 Å². The second kappa shape index (κ2) is 7.97. The van der Waals surface area contributed by atoms with Crippen LogP contribution in [0.4, 0.5) is 0 Å². The predicted molar refractivity (Wildman–Crippen MR) is 88.0 cm³/mol. The second-order valence-corrected chi connectivity index (χ2v) is 6.03. The number of hydrogen-bond acceptors (Lipinski definition) is 5. The fourth-order valence-corrected chi connectivity index (χ4v) is 2.78. The van der Waals surface area contributed by atoms with E-state index >= 15 is 0 Å². The molecule has 0 radical (unpaired) electrons. The zero-order valence-electron chi connectivity index (χ0n) is 12.8. The van der Waals surface area contributed by atoms with Crippen molar-refractivity contribution in [3.8, 4) is 6.07 Å². The highest BCUT2D eigenvalue weighted by Crippen LogP contribution is 2.17. The Balaban J connectivity index is 2.30. The molecule has 2 aromatic rings. The number of rotatable bonds is 7. The summed E-state index contributed by atoms with van der Waals surface area (Å²) >= 11 is 1.29. The Labute approximate surface area is 133 Å². The van der Waals surface area contributed by atoms with Gasteiger partial charge in [0.15, 0.2) is 5.16 Å². The Bertz CT molecular complexity index is 734. The predicted octanol–water partition coefficient (Wildman–Crippen LogP) is 2.83. The van der Waals surface area contributed by atoms with Crippen LogP contribution in [0.25, 0.3) is 10.9 Å². The van der Waals surface area contributed by atoms with E-state index in [9.17, 15) is 4.79 Å². The quantitative estimate of drug-likeness (QED) is 0.446. The molecule has 1 aromatic heterocycles. The number of ether oxygens (including phenoxy) is 1. The van der Waals surface area contributed by atoms with Gasteiger partial charge in [-0.2, -0.15) is 5.26 Å². The van der Waals surface area contributed by atoms with Crippen LogP contribution in [0.3, 0.4) is 0 Å². The first kappa shape index (κ1) is 16.5. The molecule has 1 heterocycles. The van der Waals surface area contributed by atoms with Crippen LogP contribution < -0.4 is 5.56 Å². The summed E-state index contributed by atoms with van der Waals surface area (Å²) in [5.41, 5.74) is 0.609. The summed E-state index contributed by atoms with van der Waals surface area (Å²) in [6, 6.07) is 9.37. The van der Waals surface area contributed by atoms with E-state index in [1.54, 1.807) is 10.6 Å². The lowest BCUT2D eigenvalue weighted by Crippen LogP contribution is -2.24. The zero-order chi connectivity index (χ0) is 15.9. The molecule has 0 fully saturated rings. The van der Waals surface area contributed by atoms with Crippen molar-refractivity contribution in [1.82, 2.24) is 9.55 Å². The van der Waals surface area contributed by atoms with E-state index in [1.165, 1.54) is 11.8 Å². The molecule has 0 bridgehead atoms. The Morgan fingerprint density at radius 3 is 2.91 bits per heavy atom. The molecule has 116 valence electrons. The summed E-state index contributed by atoms with van der Waals surface area (Å²) in [6.45, 7) is 5.10. The molecule has 0 unspecified atom stereocenters. The standard InChI is InChI=1S/C16H19N3O2S/c1-12(2)21-10-5-9-19-15(20)13-6-3-4-7-14(13)18-16(19)22-11-8-17/h3-4,6-7,12H,5,9-11H2,1-2H3. The first-order chi connectivity index (χ1) is 10.6. The fraction of sp³-hybridized carbons (Fsp3) is 0.438. The minimum absolute atomic E-state index is 0.0596. The molecule has 0 N–H and O–H groups in total. The highest BCUT2D eigenvalue weighted by atomic mass is 32.2. The Morgan fingerprint density at radius 1 is 1.41 bits per heavy atom. The molecule has 2 rings (SSSR count). The number of para-hydroxylation sites is 1. The topological polar surface area (TPSA) is 67.9 Å². The van der Waals surface area contributed by atoms with Gasteiger partial charge in [-0.15, -0.1) is 0 Å². The molecule has 0 saturated heterocycles. The van der Waals surface area contributed by atoms with Gasteiger partial charge in [0, 0.05) is 13.2 Å². The molecule has 0 amide bonds. The highest BCUT2D eigenvalue weighted by Gasteiger charge is 2.11. The summed E-state index contributed by atoms with van der Waals surface area (Å²) in [7, 11) is 0. The van der Waals surface area contributed by atoms with Crippen molar-refractivity contribution in [2.24, 2.45) is 0 Å². The van der Waals surface area contributed by atoms with Gasteiger partial charge in [0.2, 0.25) is 0 Å². The molecule has 1 aromatic carbocycles. The molecule has 0 aliphatic rings. The van der Waals surface area contributed by atoms with Crippen molar-refractivity contribution in [3.63, 3.8) is 0 Å². The molecule has 6 heteroatoms. The lowest BCUT2D eigenvalue weighted by molar-refractivity contribution is 0.0743. The largest absolute Gasteiger partial charge is 0.379 e. The van der Waals surface area contributed by atoms with Crippen molar-refractivity contribution in [1.29, 1.82) is 5.26 Å². The highest BCUT2D eigenvalue weighted by molar-refractivity contribution is 7.99. The zero-order valence-corrected chi connectivity index (χ0v) is 13.6. The van der Waals surface area contributed by atoms with Gasteiger partial charge in [0.1, 0.15) is 0 Å². The minimum Gasteiger partial charge on any atom is -0.379 e. The molecular formula is C16H19N3O2S. The van der Waals surface area contributed by atoms with Crippen LogP contribution in [0.5, 0.6) is 0 Å². The second-order valence-electron chi connectivity index (χ2n) is 5.09. The lowest BCUT2D eigenvalue weighted by Gasteiger charge is -2.13. The normalized spacial score (nSPS) is 11.0. The first-order valence-corrected chi connectivity index (χ1v) is 8.23. The van der Waals surface area contributed by atoms with Crippen molar-refractivity contribution >= 4 is 22.7 Å². The van der Waals surface area contributed by atoms with Gasteiger partial charge in [0.25, 0.3) is 5.56 Å². The number of thioether (sulfide) groups is 1. The number of nitrogens with zero attached hydrogens (tertiary/aromatic N) is 3. The summed E-state index contributed by atoms with van der Waals surface area (Å²) in [6.07, 6.45) is 0.914. The van der Waals surface area contributed by atoms with Crippen LogP contribution in [-0.4, -0.2) is 28.0 Å². The van der Waals surface area contributed by atoms with Gasteiger partial charge in [-0.05, 0) is 32.4 Å². The first-order valence-electron chi connectivity index (χ1n) is 7.24. The summed E-state index contributed by atoms with van der Waals surface area (Å²) in [5, 5.41) is 9.97. The summed E-state index contributed by atoms with van der Waals surface area (Å²) in [5.74, 6) is 0.271. The van der Waals surface area contributed by atoms with E-state index in [0.29, 0.717) is 29.2 Å². The third-order valence-electron chi connectivity index (χ3n) is 3.07. The van der Waals surface area contributed by atoms with E-state index in [4.69, 9.17) is 10.00 Å². The van der Waals surface area contributed by atoms with Crippen LogP contribution in [-0.2, 0) is 11.3 Å². The van der Waals surface area contributed by atoms with Crippen LogP contribution in [0.2, 0.25) is 0 Å². The van der Waals surface area contributed by atoms with Gasteiger partial charge in [-0.25, -0.2) is 4.98 Å². The number of hydrogen-bond donors (Lipinski definition) is 0. The summed E-state index contributed by atoms with van der Waals surface area (Å²) < 4.78 is 7.16. The Morgan fingerprint density at radius 2 is 2.18 bits per heavy atom. The number of fused-ring (bicyclic) bond motifs is 1. The Hall–Kier alpha value is -1.84. The van der Waals surface area contributed by atoms with E-state index in [1.807, 2.05) is 32.0 Å². The van der Waals surface area contributed by atoms with Crippen molar-refractivity contribution in [3.05, 3.63) is 34.6 Å². The van der Waals surface area contributed by atoms with E-state index in [-0.39, 0.29) is 17.4 Å². The third-order valence-corrected chi connectivity index (χ3v) is 3.91. The number of nitriles is 1. The van der Waals surface area contributed by atoms with Crippen LogP contribution >= 0.6 is 11.8 Å². The molecular weight excluding hydrogens is 298 g/mol. The maximum Gasteiger partial charge on any atom is 0.262 e. The SMILES string of the molecule is CC(C)OCCCn1c(SCC#N)nc2ccccc2c1=O. The van der Waals surface area contributed by atoms with Crippen molar-refractivity contribution in [2.45, 2.75) is 38.1 Å². The maximum absolute atomic E-state index is 12.6. The fourth-order valence-electron chi connectivity index (χ4n) is 2.09. The van der Waals surface area contributed by atoms with E-state index < -0.39 is 0 Å². The monoisotopic (exact) mass is 317 g/mol. The van der Waals surface area contributed by atoms with Gasteiger partial charge < -0.3 is 4.74 Å². The lowest BCUT2D eigenvalue weighted by atomic mass is 10.2. The average molecular weight is 317 g/mol. The molecule has 0 aliphatic carbocycles. The molecule has 0 saturated carbocycles. The summed E-state index contributed by atoms with van der Waals surface area (Å²) in [4.78, 5) is 17.1. The number of benzene rings is 1. The smallest absolute Gasteiger partial charge is 0.262 e. The van der Waals surface area contributed by atoms with Crippen LogP contribution in [0.15, 0.2) is 34.2 Å². The molecule has 22 heavy (non-hydrogen) atoms. The van der Waals surface area contributed by atoms with Crippen LogP contribution in [0.1, 0.15) is 20.3 Å². The maximum atomic E-state index is 12.6. The van der Waals surface area contributed by atoms with Gasteiger partial charge in [-0.3, -0.25) is 9.36 Å². The molecule has 0 aliphatic heterocycles. The van der Waals surface area contributed by atoms with E-state index in [2.05, 4.69) is 11.1 Å². The van der Waals surface area contributed by atoms with Gasteiger partial charge >= 0.3 is 0 Å². The molecule has 0 atom stereocenters. The average Bonchev–Trinajstić information content (AvgIpc) is 2.51. The van der Waals surface area contributed by atoms with Gasteiger partial charge in [0.05, 0.1) is 28.8 Å². The van der Waals surface area contributed by atoms with E-state index in [0.717, 1.165) is 6.42 Å². The molecule has 5 nitrogen and oxygen atoms in total. The third kappa shape index (κ3) is 4.09. The van der Waals surface area contributed by atoms with Crippen molar-refractivity contribution < 1.29 is 4.74 Å². The van der Waals surface area contributed by atoms with Crippen LogP contribution in [0, 0.1) is 11.3 Å².